The Bertz CT molecular complexity index is 743. The van der Waals surface area contributed by atoms with E-state index in [0.717, 1.165) is 38.3 Å². The third kappa shape index (κ3) is 3.03. The first-order valence-electron chi connectivity index (χ1n) is 10.8. The third-order valence-electron chi connectivity index (χ3n) is 8.04. The summed E-state index contributed by atoms with van der Waals surface area (Å²) in [4.78, 5) is 12.7. The summed E-state index contributed by atoms with van der Waals surface area (Å²) in [5, 5.41) is 2.26. The number of esters is 1. The number of carbonyl (C=O) groups is 1. The van der Waals surface area contributed by atoms with Gasteiger partial charge < -0.3 is 19.5 Å². The molecule has 1 aromatic rings. The molecule has 0 bridgehead atoms. The number of epoxide rings is 1. The van der Waals surface area contributed by atoms with E-state index in [0.29, 0.717) is 11.8 Å². The highest BCUT2D eigenvalue weighted by molar-refractivity contribution is 5.75. The molecule has 0 amide bonds. The highest BCUT2D eigenvalue weighted by atomic mass is 16.6. The average Bonchev–Trinajstić information content (AvgIpc) is 3.39. The van der Waals surface area contributed by atoms with Crippen LogP contribution in [-0.2, 0) is 20.8 Å². The summed E-state index contributed by atoms with van der Waals surface area (Å²) in [6.45, 7) is 5.02. The van der Waals surface area contributed by atoms with Gasteiger partial charge in [0.1, 0.15) is 24.3 Å². The van der Waals surface area contributed by atoms with Crippen LogP contribution >= 0.6 is 0 Å². The van der Waals surface area contributed by atoms with E-state index in [9.17, 15) is 4.79 Å². The van der Waals surface area contributed by atoms with Crippen LogP contribution in [0.5, 0.6) is 5.75 Å². The lowest BCUT2D eigenvalue weighted by Gasteiger charge is -2.51. The van der Waals surface area contributed by atoms with E-state index in [1.54, 1.807) is 7.11 Å². The minimum atomic E-state index is 0.0190. The Labute approximate surface area is 167 Å². The minimum Gasteiger partial charge on any atom is -0.497 e. The number of carbonyl (C=O) groups excluding carboxylic acids is 1. The summed E-state index contributed by atoms with van der Waals surface area (Å²) in [6.07, 6.45) is 5.92. The number of hydrogen-bond donors (Lipinski definition) is 1. The fraction of sp³-hybridized carbons (Fsp3) is 0.696. The maximum Gasteiger partial charge on any atom is 0.315 e. The zero-order valence-corrected chi connectivity index (χ0v) is 17.0. The molecule has 152 valence electrons. The summed E-state index contributed by atoms with van der Waals surface area (Å²) in [5.74, 6) is 1.87. The Hall–Kier alpha value is -1.59. The number of quaternary nitrogens is 1. The van der Waals surface area contributed by atoms with Gasteiger partial charge in [0.25, 0.3) is 0 Å². The highest BCUT2D eigenvalue weighted by Crippen LogP contribution is 2.62. The number of methoxy groups -OCH3 is 1. The molecule has 1 aromatic carbocycles. The molecule has 2 saturated carbocycles. The molecule has 1 spiro atoms. The van der Waals surface area contributed by atoms with Crippen molar-refractivity contribution in [2.24, 2.45) is 23.2 Å². The lowest BCUT2D eigenvalue weighted by atomic mass is 9.53. The predicted molar refractivity (Wildman–Crippen MR) is 104 cm³/mol. The monoisotopic (exact) mass is 386 g/mol. The van der Waals surface area contributed by atoms with Crippen LogP contribution in [-0.4, -0.2) is 37.9 Å². The summed E-state index contributed by atoms with van der Waals surface area (Å²) in [5.41, 5.74) is 1.65. The van der Waals surface area contributed by atoms with Crippen LogP contribution in [0.15, 0.2) is 24.3 Å². The molecule has 2 aliphatic carbocycles. The molecular weight excluding hydrogens is 354 g/mol. The molecule has 4 aliphatic rings. The first kappa shape index (κ1) is 18.4. The molecule has 4 fully saturated rings. The quantitative estimate of drug-likeness (QED) is 0.623. The Morgan fingerprint density at radius 2 is 2.04 bits per heavy atom. The van der Waals surface area contributed by atoms with E-state index >= 15 is 0 Å². The van der Waals surface area contributed by atoms with E-state index in [4.69, 9.17) is 14.2 Å². The van der Waals surface area contributed by atoms with Gasteiger partial charge in [0.15, 0.2) is 0 Å². The Morgan fingerprint density at radius 3 is 2.75 bits per heavy atom. The summed E-state index contributed by atoms with van der Waals surface area (Å²) < 4.78 is 17.1. The zero-order valence-electron chi connectivity index (χ0n) is 17.0. The predicted octanol–water partition coefficient (Wildman–Crippen LogP) is 2.29. The summed E-state index contributed by atoms with van der Waals surface area (Å²) in [6, 6.07) is 8.16. The van der Waals surface area contributed by atoms with Crippen molar-refractivity contribution in [1.29, 1.82) is 0 Å². The van der Waals surface area contributed by atoms with Crippen LogP contribution in [0.2, 0.25) is 0 Å². The Morgan fingerprint density at radius 1 is 1.25 bits per heavy atom. The number of nitrogens with two attached hydrogens (primary N) is 1. The van der Waals surface area contributed by atoms with Crippen molar-refractivity contribution in [3.05, 3.63) is 29.8 Å². The number of benzene rings is 1. The second kappa shape index (κ2) is 6.74. The van der Waals surface area contributed by atoms with Crippen molar-refractivity contribution >= 4 is 5.97 Å². The van der Waals surface area contributed by atoms with Gasteiger partial charge >= 0.3 is 5.97 Å². The maximum absolute atomic E-state index is 12.7. The van der Waals surface area contributed by atoms with Crippen LogP contribution in [0.1, 0.15) is 44.6 Å². The summed E-state index contributed by atoms with van der Waals surface area (Å²) >= 11 is 0. The van der Waals surface area contributed by atoms with Gasteiger partial charge in [-0.2, -0.15) is 0 Å². The Balaban J connectivity index is 1.24. The lowest BCUT2D eigenvalue weighted by molar-refractivity contribution is -0.675. The van der Waals surface area contributed by atoms with Crippen LogP contribution in [0.25, 0.3) is 0 Å². The molecule has 0 aromatic heterocycles. The lowest BCUT2D eigenvalue weighted by Crippen LogP contribution is -2.84. The van der Waals surface area contributed by atoms with Crippen molar-refractivity contribution in [3.63, 3.8) is 0 Å². The highest BCUT2D eigenvalue weighted by Gasteiger charge is 2.65. The van der Waals surface area contributed by atoms with Crippen molar-refractivity contribution < 1.29 is 24.3 Å². The Kier molecular flexibility index (Phi) is 4.44. The maximum atomic E-state index is 12.7. The van der Waals surface area contributed by atoms with Gasteiger partial charge in [-0.3, -0.25) is 4.79 Å². The van der Waals surface area contributed by atoms with Gasteiger partial charge in [-0.1, -0.05) is 6.92 Å². The van der Waals surface area contributed by atoms with Crippen LogP contribution in [0.4, 0.5) is 0 Å². The fourth-order valence-corrected chi connectivity index (χ4v) is 6.42. The average molecular weight is 387 g/mol. The van der Waals surface area contributed by atoms with Crippen molar-refractivity contribution in [2.45, 2.75) is 57.3 Å². The number of fused-ring (bicyclic) bond motifs is 3. The van der Waals surface area contributed by atoms with Crippen molar-refractivity contribution in [3.8, 4) is 5.75 Å². The number of ether oxygens (including phenoxy) is 3. The number of hydrogen-bond acceptors (Lipinski definition) is 4. The van der Waals surface area contributed by atoms with E-state index in [1.807, 2.05) is 12.1 Å². The molecule has 6 atom stereocenters. The first-order valence-corrected chi connectivity index (χ1v) is 10.8. The van der Waals surface area contributed by atoms with Gasteiger partial charge in [0, 0.05) is 11.5 Å². The number of rotatable bonds is 5. The standard InChI is InChI=1S/C23H31NO4/c1-22-8-3-9-23(14-27-23)20(22)10-17-18(21(25)28-19(17)11-22)13-24-12-15-4-6-16(26-2)7-5-15/h4-7,17-20,24H,3,8-14H2,1-2H3/p+1/t17-,18+,19-,20+,22-,23+/m1/s1. The second-order valence-corrected chi connectivity index (χ2v) is 9.68. The molecule has 0 unspecified atom stereocenters. The smallest absolute Gasteiger partial charge is 0.315 e. The SMILES string of the molecule is COc1ccc(C[NH2+]C[C@@H]2C(=O)O[C@@H]3C[C@@]4(C)CCC[C@]5(CO5)[C@H]4C[C@H]23)cc1. The van der Waals surface area contributed by atoms with Gasteiger partial charge in [-0.15, -0.1) is 0 Å². The second-order valence-electron chi connectivity index (χ2n) is 9.68. The van der Waals surface area contributed by atoms with Crippen LogP contribution in [0, 0.1) is 23.2 Å². The van der Waals surface area contributed by atoms with E-state index in [2.05, 4.69) is 24.4 Å². The molecule has 5 heteroatoms. The molecule has 28 heavy (non-hydrogen) atoms. The molecule has 2 heterocycles. The molecule has 2 N–H and O–H groups in total. The minimum absolute atomic E-state index is 0.0190. The first-order chi connectivity index (χ1) is 13.5. The van der Waals surface area contributed by atoms with Gasteiger partial charge in [-0.25, -0.2) is 0 Å². The molecule has 0 radical (unpaired) electrons. The van der Waals surface area contributed by atoms with Crippen molar-refractivity contribution in [1.82, 2.24) is 0 Å². The van der Waals surface area contributed by atoms with Gasteiger partial charge in [0.2, 0.25) is 0 Å². The molecule has 2 saturated heterocycles. The summed E-state index contributed by atoms with van der Waals surface area (Å²) in [7, 11) is 1.68. The molecule has 5 nitrogen and oxygen atoms in total. The molecule has 2 aliphatic heterocycles. The van der Waals surface area contributed by atoms with Gasteiger partial charge in [-0.05, 0) is 67.7 Å². The van der Waals surface area contributed by atoms with Gasteiger partial charge in [0.05, 0.1) is 25.9 Å². The van der Waals surface area contributed by atoms with Crippen LogP contribution in [0.3, 0.4) is 0 Å². The fourth-order valence-electron chi connectivity index (χ4n) is 6.42. The normalized spacial score (nSPS) is 41.3. The third-order valence-corrected chi connectivity index (χ3v) is 8.04. The molecule has 5 rings (SSSR count). The topological polar surface area (TPSA) is 64.7 Å². The largest absolute Gasteiger partial charge is 0.497 e. The van der Waals surface area contributed by atoms with Crippen LogP contribution < -0.4 is 10.1 Å². The van der Waals surface area contributed by atoms with E-state index < -0.39 is 0 Å². The van der Waals surface area contributed by atoms with E-state index in [1.165, 1.54) is 24.8 Å². The zero-order chi connectivity index (χ0) is 19.4. The molecular formula is C23H32NO4+. The van der Waals surface area contributed by atoms with E-state index in [-0.39, 0.29) is 29.0 Å². The van der Waals surface area contributed by atoms with Crippen molar-refractivity contribution in [2.75, 3.05) is 20.3 Å².